The van der Waals surface area contributed by atoms with Gasteiger partial charge in [-0.3, -0.25) is 4.79 Å². The second-order valence-corrected chi connectivity index (χ2v) is 6.97. The number of anilines is 1. The molecule has 3 aromatic rings. The average Bonchev–Trinajstić information content (AvgIpc) is 2.83. The van der Waals surface area contributed by atoms with Gasteiger partial charge in [0, 0.05) is 32.2 Å². The second kappa shape index (κ2) is 9.26. The van der Waals surface area contributed by atoms with Crippen LogP contribution in [0.2, 0.25) is 0 Å². The van der Waals surface area contributed by atoms with Crippen LogP contribution in [0.1, 0.15) is 16.1 Å². The van der Waals surface area contributed by atoms with Crippen molar-refractivity contribution in [3.05, 3.63) is 78.2 Å². The lowest BCUT2D eigenvalue weighted by atomic mass is 10.2. The lowest BCUT2D eigenvalue weighted by Crippen LogP contribution is -2.49. The first kappa shape index (κ1) is 19.7. The molecule has 0 saturated carbocycles. The number of nitrogens with zero attached hydrogens (tertiary/aromatic N) is 4. The number of piperazine rings is 1. The minimum Gasteiger partial charge on any atom is -0.495 e. The Kier molecular flexibility index (Phi) is 6.08. The van der Waals surface area contributed by atoms with Crippen LogP contribution in [0, 0.1) is 0 Å². The van der Waals surface area contributed by atoms with Gasteiger partial charge in [0.05, 0.1) is 12.8 Å². The standard InChI is InChI=1S/C23H24N4O3/c1-29-21-10-6-5-9-20(21)26-11-13-27(14-12-26)23(28)19-15-22(25-17-24-19)30-16-18-7-3-2-4-8-18/h2-10,15,17H,11-14,16H2,1H3. The van der Waals surface area contributed by atoms with Crippen LogP contribution in [-0.4, -0.2) is 54.1 Å². The third-order valence-electron chi connectivity index (χ3n) is 5.08. The fourth-order valence-corrected chi connectivity index (χ4v) is 3.47. The lowest BCUT2D eigenvalue weighted by molar-refractivity contribution is 0.0739. The van der Waals surface area contributed by atoms with Crippen LogP contribution < -0.4 is 14.4 Å². The number of amides is 1. The highest BCUT2D eigenvalue weighted by Crippen LogP contribution is 2.28. The largest absolute Gasteiger partial charge is 0.495 e. The van der Waals surface area contributed by atoms with Gasteiger partial charge < -0.3 is 19.3 Å². The van der Waals surface area contributed by atoms with E-state index < -0.39 is 0 Å². The number of carbonyl (C=O) groups excluding carboxylic acids is 1. The first-order valence-corrected chi connectivity index (χ1v) is 9.90. The molecule has 1 aliphatic heterocycles. The smallest absolute Gasteiger partial charge is 0.272 e. The molecule has 4 rings (SSSR count). The van der Waals surface area contributed by atoms with Gasteiger partial charge in [-0.2, -0.15) is 0 Å². The number of methoxy groups -OCH3 is 1. The molecule has 7 heteroatoms. The molecule has 0 aliphatic carbocycles. The maximum Gasteiger partial charge on any atom is 0.272 e. The molecule has 1 amide bonds. The Labute approximate surface area is 175 Å². The molecule has 2 heterocycles. The van der Waals surface area contributed by atoms with Crippen molar-refractivity contribution in [2.75, 3.05) is 38.2 Å². The third kappa shape index (κ3) is 4.51. The van der Waals surface area contributed by atoms with Crippen molar-refractivity contribution in [1.82, 2.24) is 14.9 Å². The van der Waals surface area contributed by atoms with E-state index in [1.165, 1.54) is 6.33 Å². The number of hydrogen-bond acceptors (Lipinski definition) is 6. The van der Waals surface area contributed by atoms with Gasteiger partial charge in [0.2, 0.25) is 5.88 Å². The molecule has 30 heavy (non-hydrogen) atoms. The van der Waals surface area contributed by atoms with E-state index in [2.05, 4.69) is 14.9 Å². The molecule has 2 aromatic carbocycles. The molecule has 1 saturated heterocycles. The summed E-state index contributed by atoms with van der Waals surface area (Å²) in [5.74, 6) is 1.12. The molecule has 154 valence electrons. The predicted octanol–water partition coefficient (Wildman–Crippen LogP) is 3.03. The Bertz CT molecular complexity index is 989. The number of ether oxygens (including phenoxy) is 2. The number of para-hydroxylation sites is 2. The van der Waals surface area contributed by atoms with E-state index in [0.29, 0.717) is 31.3 Å². The highest BCUT2D eigenvalue weighted by molar-refractivity contribution is 5.92. The quantitative estimate of drug-likeness (QED) is 0.629. The number of hydrogen-bond donors (Lipinski definition) is 0. The van der Waals surface area contributed by atoms with Crippen LogP contribution in [0.3, 0.4) is 0 Å². The van der Waals surface area contributed by atoms with Gasteiger partial charge >= 0.3 is 0 Å². The number of carbonyl (C=O) groups is 1. The Balaban J connectivity index is 1.37. The number of rotatable bonds is 6. The van der Waals surface area contributed by atoms with Gasteiger partial charge in [-0.1, -0.05) is 42.5 Å². The van der Waals surface area contributed by atoms with Gasteiger partial charge in [-0.05, 0) is 17.7 Å². The van der Waals surface area contributed by atoms with Crippen LogP contribution in [0.4, 0.5) is 5.69 Å². The Hall–Kier alpha value is -3.61. The van der Waals surface area contributed by atoms with Crippen molar-refractivity contribution in [2.24, 2.45) is 0 Å². The zero-order chi connectivity index (χ0) is 20.8. The zero-order valence-electron chi connectivity index (χ0n) is 16.9. The summed E-state index contributed by atoms with van der Waals surface area (Å²) in [4.78, 5) is 25.3. The van der Waals surface area contributed by atoms with E-state index in [0.717, 1.165) is 30.1 Å². The molecule has 1 aliphatic rings. The van der Waals surface area contributed by atoms with Crippen LogP contribution >= 0.6 is 0 Å². The molecule has 1 fully saturated rings. The molecule has 0 bridgehead atoms. The van der Waals surface area contributed by atoms with Gasteiger partial charge in [-0.15, -0.1) is 0 Å². The second-order valence-electron chi connectivity index (χ2n) is 6.97. The van der Waals surface area contributed by atoms with Gasteiger partial charge in [0.15, 0.2) is 0 Å². The summed E-state index contributed by atoms with van der Waals surface area (Å²) in [6, 6.07) is 19.4. The SMILES string of the molecule is COc1ccccc1N1CCN(C(=O)c2cc(OCc3ccccc3)ncn2)CC1. The molecule has 0 unspecified atom stereocenters. The summed E-state index contributed by atoms with van der Waals surface area (Å²) < 4.78 is 11.2. The predicted molar refractivity (Wildman–Crippen MR) is 114 cm³/mol. The Morgan fingerprint density at radius 2 is 1.70 bits per heavy atom. The number of benzene rings is 2. The molecule has 0 N–H and O–H groups in total. The molecular formula is C23H24N4O3. The fourth-order valence-electron chi connectivity index (χ4n) is 3.47. The summed E-state index contributed by atoms with van der Waals surface area (Å²) >= 11 is 0. The summed E-state index contributed by atoms with van der Waals surface area (Å²) in [6.07, 6.45) is 1.37. The van der Waals surface area contributed by atoms with Crippen molar-refractivity contribution in [1.29, 1.82) is 0 Å². The summed E-state index contributed by atoms with van der Waals surface area (Å²) in [5.41, 5.74) is 2.43. The average molecular weight is 404 g/mol. The van der Waals surface area contributed by atoms with Crippen LogP contribution in [-0.2, 0) is 6.61 Å². The minimum absolute atomic E-state index is 0.110. The van der Waals surface area contributed by atoms with E-state index in [4.69, 9.17) is 9.47 Å². The summed E-state index contributed by atoms with van der Waals surface area (Å²) in [7, 11) is 1.67. The highest BCUT2D eigenvalue weighted by atomic mass is 16.5. The normalized spacial score (nSPS) is 13.8. The van der Waals surface area contributed by atoms with Crippen molar-refractivity contribution in [3.63, 3.8) is 0 Å². The monoisotopic (exact) mass is 404 g/mol. The van der Waals surface area contributed by atoms with E-state index in [1.54, 1.807) is 13.2 Å². The first-order valence-electron chi connectivity index (χ1n) is 9.90. The van der Waals surface area contributed by atoms with Crippen LogP contribution in [0.5, 0.6) is 11.6 Å². The molecule has 0 atom stereocenters. The van der Waals surface area contributed by atoms with Gasteiger partial charge in [-0.25, -0.2) is 9.97 Å². The van der Waals surface area contributed by atoms with Crippen molar-refractivity contribution in [2.45, 2.75) is 6.61 Å². The zero-order valence-corrected chi connectivity index (χ0v) is 16.9. The Morgan fingerprint density at radius 3 is 2.47 bits per heavy atom. The lowest BCUT2D eigenvalue weighted by Gasteiger charge is -2.36. The summed E-state index contributed by atoms with van der Waals surface area (Å²) in [5, 5.41) is 0. The van der Waals surface area contributed by atoms with E-state index in [-0.39, 0.29) is 5.91 Å². The molecular weight excluding hydrogens is 380 g/mol. The van der Waals surface area contributed by atoms with Crippen molar-refractivity contribution in [3.8, 4) is 11.6 Å². The molecule has 0 radical (unpaired) electrons. The molecule has 0 spiro atoms. The van der Waals surface area contributed by atoms with Gasteiger partial charge in [0.1, 0.15) is 24.4 Å². The Morgan fingerprint density at radius 1 is 0.967 bits per heavy atom. The van der Waals surface area contributed by atoms with Crippen molar-refractivity contribution >= 4 is 11.6 Å². The summed E-state index contributed by atoms with van der Waals surface area (Å²) in [6.45, 7) is 3.08. The van der Waals surface area contributed by atoms with Crippen LogP contribution in [0.25, 0.3) is 0 Å². The first-order chi connectivity index (χ1) is 14.7. The maximum absolute atomic E-state index is 12.9. The van der Waals surface area contributed by atoms with Gasteiger partial charge in [0.25, 0.3) is 5.91 Å². The van der Waals surface area contributed by atoms with Crippen LogP contribution in [0.15, 0.2) is 67.0 Å². The molecule has 1 aromatic heterocycles. The van der Waals surface area contributed by atoms with E-state index >= 15 is 0 Å². The van der Waals surface area contributed by atoms with E-state index in [1.807, 2.05) is 59.5 Å². The third-order valence-corrected chi connectivity index (χ3v) is 5.08. The van der Waals surface area contributed by atoms with Crippen molar-refractivity contribution < 1.29 is 14.3 Å². The van der Waals surface area contributed by atoms with E-state index in [9.17, 15) is 4.79 Å². The fraction of sp³-hybridized carbons (Fsp3) is 0.261. The maximum atomic E-state index is 12.9. The minimum atomic E-state index is -0.110. The topological polar surface area (TPSA) is 67.8 Å². The highest BCUT2D eigenvalue weighted by Gasteiger charge is 2.24. The number of aromatic nitrogens is 2. The molecule has 7 nitrogen and oxygen atoms in total.